The zero-order chi connectivity index (χ0) is 41.5. The third-order valence-electron chi connectivity index (χ3n) is 14.2. The second kappa shape index (κ2) is 13.9. The Morgan fingerprint density at radius 1 is 0.270 bits per heavy atom. The molecule has 10 aromatic carbocycles. The van der Waals surface area contributed by atoms with Crippen LogP contribution in [0.3, 0.4) is 0 Å². The summed E-state index contributed by atoms with van der Waals surface area (Å²) in [6, 6.07) is 93.3. The van der Waals surface area contributed by atoms with Crippen molar-refractivity contribution in [3.63, 3.8) is 0 Å². The number of fused-ring (bicyclic) bond motifs is 13. The van der Waals surface area contributed by atoms with Crippen LogP contribution in [0, 0.1) is 0 Å². The van der Waals surface area contributed by atoms with Gasteiger partial charge in [0.15, 0.2) is 8.07 Å². The summed E-state index contributed by atoms with van der Waals surface area (Å²) < 4.78 is 0. The number of anilines is 3. The van der Waals surface area contributed by atoms with Crippen molar-refractivity contribution in [2.45, 2.75) is 5.41 Å². The van der Waals surface area contributed by atoms with Crippen molar-refractivity contribution in [1.29, 1.82) is 0 Å². The topological polar surface area (TPSA) is 3.24 Å². The summed E-state index contributed by atoms with van der Waals surface area (Å²) in [6.07, 6.45) is 0. The summed E-state index contributed by atoms with van der Waals surface area (Å²) in [7, 11) is -2.63. The van der Waals surface area contributed by atoms with Crippen LogP contribution in [0.5, 0.6) is 0 Å². The van der Waals surface area contributed by atoms with Crippen LogP contribution in [0.4, 0.5) is 17.1 Å². The van der Waals surface area contributed by atoms with E-state index < -0.39 is 13.5 Å². The summed E-state index contributed by atoms with van der Waals surface area (Å²) in [5.41, 5.74) is 18.5. The van der Waals surface area contributed by atoms with Crippen molar-refractivity contribution >= 4 is 45.9 Å². The van der Waals surface area contributed by atoms with Crippen molar-refractivity contribution in [1.82, 2.24) is 0 Å². The second-order valence-corrected chi connectivity index (χ2v) is 20.8. The fourth-order valence-electron chi connectivity index (χ4n) is 11.7. The maximum Gasteiger partial charge on any atom is 0.182 e. The molecular formula is C61H41NSi. The number of hydrogen-bond acceptors (Lipinski definition) is 1. The lowest BCUT2D eigenvalue weighted by molar-refractivity contribution is 0.769. The van der Waals surface area contributed by atoms with Crippen molar-refractivity contribution in [2.24, 2.45) is 0 Å². The first-order valence-corrected chi connectivity index (χ1v) is 24.0. The van der Waals surface area contributed by atoms with E-state index in [0.29, 0.717) is 0 Å². The Hall–Kier alpha value is -7.78. The molecule has 1 atom stereocenters. The summed E-state index contributed by atoms with van der Waals surface area (Å²) >= 11 is 0. The zero-order valence-electron chi connectivity index (χ0n) is 34.6. The van der Waals surface area contributed by atoms with Gasteiger partial charge in [-0.2, -0.15) is 0 Å². The molecule has 3 aliphatic rings. The first-order valence-electron chi connectivity index (χ1n) is 22.0. The molecule has 1 spiro atoms. The van der Waals surface area contributed by atoms with Crippen LogP contribution in [0.15, 0.2) is 249 Å². The minimum absolute atomic E-state index is 0.519. The number of benzene rings is 10. The predicted molar refractivity (Wildman–Crippen MR) is 265 cm³/mol. The molecule has 1 nitrogen and oxygen atoms in total. The van der Waals surface area contributed by atoms with Crippen molar-refractivity contribution in [2.75, 3.05) is 4.90 Å². The van der Waals surface area contributed by atoms with Gasteiger partial charge in [-0.1, -0.05) is 206 Å². The molecule has 10 aromatic rings. The fourth-order valence-corrected chi connectivity index (χ4v) is 17.3. The molecule has 13 rings (SSSR count). The Bertz CT molecular complexity index is 3330. The second-order valence-electron chi connectivity index (χ2n) is 17.1. The monoisotopic (exact) mass is 815 g/mol. The molecule has 2 heterocycles. The lowest BCUT2D eigenvalue weighted by Gasteiger charge is -2.35. The lowest BCUT2D eigenvalue weighted by atomic mass is 9.67. The average Bonchev–Trinajstić information content (AvgIpc) is 3.95. The highest BCUT2D eigenvalue weighted by molar-refractivity contribution is 7.24. The Kier molecular flexibility index (Phi) is 7.91. The van der Waals surface area contributed by atoms with Gasteiger partial charge >= 0.3 is 0 Å². The first kappa shape index (κ1) is 35.9. The molecule has 0 aromatic heterocycles. The predicted octanol–water partition coefficient (Wildman–Crippen LogP) is 12.5. The van der Waals surface area contributed by atoms with Crippen molar-refractivity contribution in [3.05, 3.63) is 271 Å². The Morgan fingerprint density at radius 3 is 1.35 bits per heavy atom. The van der Waals surface area contributed by atoms with Crippen LogP contribution < -0.4 is 25.6 Å². The van der Waals surface area contributed by atoms with Gasteiger partial charge < -0.3 is 4.90 Å². The maximum absolute atomic E-state index is 2.63. The van der Waals surface area contributed by atoms with E-state index in [4.69, 9.17) is 0 Å². The molecule has 0 bridgehead atoms. The summed E-state index contributed by atoms with van der Waals surface area (Å²) in [6.45, 7) is 0. The SMILES string of the molecule is c1ccc(-c2ccc3c(c2)C(c2ccccc2)(c2ccc(N(c4ccccc4)c4ccc5c(c4)[Si]4(c6ccccc6-c6ccccc64)c4ccccc4-5)cc2)c2ccccc2-3)cc1. The Balaban J connectivity index is 1.01. The van der Waals surface area contributed by atoms with Crippen LogP contribution in [-0.4, -0.2) is 8.07 Å². The van der Waals surface area contributed by atoms with Gasteiger partial charge in [0.2, 0.25) is 0 Å². The maximum atomic E-state index is 2.54. The minimum atomic E-state index is -2.63. The summed E-state index contributed by atoms with van der Waals surface area (Å²) in [5, 5.41) is 5.93. The number of para-hydroxylation sites is 1. The molecule has 0 fully saturated rings. The molecule has 0 saturated heterocycles. The van der Waals surface area contributed by atoms with E-state index in [0.717, 1.165) is 17.1 Å². The minimum Gasteiger partial charge on any atom is -0.311 e. The third-order valence-corrected chi connectivity index (χ3v) is 19.1. The van der Waals surface area contributed by atoms with E-state index in [1.165, 1.54) is 87.5 Å². The van der Waals surface area contributed by atoms with Crippen LogP contribution in [-0.2, 0) is 5.41 Å². The first-order chi connectivity index (χ1) is 31.3. The van der Waals surface area contributed by atoms with Gasteiger partial charge in [-0.3, -0.25) is 0 Å². The van der Waals surface area contributed by atoms with Crippen LogP contribution in [0.25, 0.3) is 44.5 Å². The lowest BCUT2D eigenvalue weighted by Crippen LogP contribution is -2.70. The molecule has 2 heteroatoms. The zero-order valence-corrected chi connectivity index (χ0v) is 35.6. The molecule has 0 radical (unpaired) electrons. The van der Waals surface area contributed by atoms with E-state index in [9.17, 15) is 0 Å². The summed E-state index contributed by atoms with van der Waals surface area (Å²) in [4.78, 5) is 2.46. The summed E-state index contributed by atoms with van der Waals surface area (Å²) in [5.74, 6) is 0. The van der Waals surface area contributed by atoms with Crippen molar-refractivity contribution in [3.8, 4) is 44.5 Å². The van der Waals surface area contributed by atoms with Gasteiger partial charge in [-0.25, -0.2) is 0 Å². The highest BCUT2D eigenvalue weighted by Crippen LogP contribution is 2.57. The van der Waals surface area contributed by atoms with Gasteiger partial charge in [0.25, 0.3) is 0 Å². The molecule has 0 saturated carbocycles. The van der Waals surface area contributed by atoms with Crippen LogP contribution in [0.1, 0.15) is 22.3 Å². The Labute approximate surface area is 369 Å². The molecule has 63 heavy (non-hydrogen) atoms. The van der Waals surface area contributed by atoms with E-state index in [1.54, 1.807) is 0 Å². The highest BCUT2D eigenvalue weighted by atomic mass is 28.3. The molecule has 0 N–H and O–H groups in total. The standard InChI is InChI=1S/C61H41NSi/c1-4-18-42(19-5-1)43-32-38-50-49-24-10-14-28-55(49)61(56(50)40-43,44-20-6-2-7-21-44)45-33-35-47(36-34-45)62(46-22-8-3-9-23-46)48-37-39-54-53-27-13-17-31-59(53)63(60(54)41-48)57-29-15-11-25-51(57)52-26-12-16-30-58(52)63/h1-41H. The molecule has 0 amide bonds. The normalized spacial score (nSPS) is 15.5. The third kappa shape index (κ3) is 4.98. The smallest absolute Gasteiger partial charge is 0.182 e. The quantitative estimate of drug-likeness (QED) is 0.151. The highest BCUT2D eigenvalue weighted by Gasteiger charge is 2.54. The average molecular weight is 816 g/mol. The molecule has 2 aliphatic heterocycles. The van der Waals surface area contributed by atoms with Crippen molar-refractivity contribution < 1.29 is 0 Å². The van der Waals surface area contributed by atoms with Gasteiger partial charge in [-0.05, 0) is 130 Å². The number of rotatable bonds is 6. The Morgan fingerprint density at radius 2 is 0.714 bits per heavy atom. The molecular weight excluding hydrogens is 775 g/mol. The van der Waals surface area contributed by atoms with Crippen LogP contribution >= 0.6 is 0 Å². The van der Waals surface area contributed by atoms with E-state index in [-0.39, 0.29) is 0 Å². The number of hydrogen-bond donors (Lipinski definition) is 0. The fraction of sp³-hybridized carbons (Fsp3) is 0.0164. The van der Waals surface area contributed by atoms with Gasteiger partial charge in [0.05, 0.1) is 5.41 Å². The number of nitrogens with zero attached hydrogens (tertiary/aromatic N) is 1. The van der Waals surface area contributed by atoms with Gasteiger partial charge in [0, 0.05) is 17.1 Å². The molecule has 294 valence electrons. The van der Waals surface area contributed by atoms with E-state index in [1.807, 2.05) is 0 Å². The van der Waals surface area contributed by atoms with E-state index >= 15 is 0 Å². The van der Waals surface area contributed by atoms with E-state index in [2.05, 4.69) is 254 Å². The van der Waals surface area contributed by atoms with Gasteiger partial charge in [0.1, 0.15) is 0 Å². The largest absolute Gasteiger partial charge is 0.311 e. The van der Waals surface area contributed by atoms with Gasteiger partial charge in [-0.15, -0.1) is 0 Å². The molecule has 1 unspecified atom stereocenters. The molecule has 1 aliphatic carbocycles. The van der Waals surface area contributed by atoms with Crippen LogP contribution in [0.2, 0.25) is 0 Å².